The average Bonchev–Trinajstić information content (AvgIpc) is 2.74. The molecule has 2 atom stereocenters. The Labute approximate surface area is 108 Å². The molecule has 1 saturated heterocycles. The molecule has 1 fully saturated rings. The first-order chi connectivity index (χ1) is 8.88. The van der Waals surface area contributed by atoms with Gasteiger partial charge in [-0.25, -0.2) is 0 Å². The van der Waals surface area contributed by atoms with Crippen molar-refractivity contribution in [1.29, 1.82) is 0 Å². The number of aliphatic carboxylic acids is 1. The van der Waals surface area contributed by atoms with Gasteiger partial charge in [0.05, 0.1) is 11.8 Å². The predicted octanol–water partition coefficient (Wildman–Crippen LogP) is 2.38. The van der Waals surface area contributed by atoms with Gasteiger partial charge in [0, 0.05) is 19.6 Å². The van der Waals surface area contributed by atoms with E-state index in [1.54, 1.807) is 17.0 Å². The maximum Gasteiger partial charge on any atom is 0.393 e. The minimum absolute atomic E-state index is 0.0611. The third-order valence-electron chi connectivity index (χ3n) is 3.38. The summed E-state index contributed by atoms with van der Waals surface area (Å²) in [5.41, 5.74) is 0.884. The number of alkyl halides is 3. The topological polar surface area (TPSA) is 40.5 Å². The zero-order chi connectivity index (χ0) is 14.0. The summed E-state index contributed by atoms with van der Waals surface area (Å²) in [5.74, 6) is -4.53. The van der Waals surface area contributed by atoms with E-state index in [1.807, 2.05) is 18.2 Å². The van der Waals surface area contributed by atoms with Crippen molar-refractivity contribution >= 4 is 5.97 Å². The third kappa shape index (κ3) is 3.26. The first-order valence-electron chi connectivity index (χ1n) is 5.93. The Balaban J connectivity index is 2.08. The molecule has 0 aliphatic carbocycles. The Morgan fingerprint density at radius 3 is 2.37 bits per heavy atom. The van der Waals surface area contributed by atoms with Crippen molar-refractivity contribution in [1.82, 2.24) is 4.90 Å². The van der Waals surface area contributed by atoms with E-state index in [4.69, 9.17) is 5.11 Å². The smallest absolute Gasteiger partial charge is 0.393 e. The van der Waals surface area contributed by atoms with Gasteiger partial charge in [0.25, 0.3) is 0 Å². The minimum atomic E-state index is -4.46. The van der Waals surface area contributed by atoms with Crippen molar-refractivity contribution in [2.75, 3.05) is 13.1 Å². The van der Waals surface area contributed by atoms with Crippen LogP contribution in [-0.4, -0.2) is 35.2 Å². The van der Waals surface area contributed by atoms with Gasteiger partial charge in [-0.15, -0.1) is 0 Å². The number of halogens is 3. The Kier molecular flexibility index (Phi) is 3.80. The molecule has 0 spiro atoms. The number of hydrogen-bond donors (Lipinski definition) is 1. The molecule has 0 amide bonds. The minimum Gasteiger partial charge on any atom is -0.481 e. The molecular weight excluding hydrogens is 259 g/mol. The number of benzene rings is 1. The van der Waals surface area contributed by atoms with E-state index >= 15 is 0 Å². The summed E-state index contributed by atoms with van der Waals surface area (Å²) in [4.78, 5) is 12.5. The Hall–Kier alpha value is -1.56. The first kappa shape index (κ1) is 13.9. The van der Waals surface area contributed by atoms with Crippen LogP contribution < -0.4 is 0 Å². The van der Waals surface area contributed by atoms with Gasteiger partial charge in [-0.1, -0.05) is 30.3 Å². The van der Waals surface area contributed by atoms with Crippen LogP contribution in [-0.2, 0) is 11.3 Å². The molecule has 0 saturated carbocycles. The summed E-state index contributed by atoms with van der Waals surface area (Å²) < 4.78 is 38.4. The zero-order valence-corrected chi connectivity index (χ0v) is 10.1. The number of likely N-dealkylation sites (tertiary alicyclic amines) is 1. The van der Waals surface area contributed by atoms with Crippen molar-refractivity contribution in [3.8, 4) is 0 Å². The van der Waals surface area contributed by atoms with Crippen molar-refractivity contribution in [3.63, 3.8) is 0 Å². The molecule has 104 valence electrons. The highest BCUT2D eigenvalue weighted by Gasteiger charge is 2.52. The summed E-state index contributed by atoms with van der Waals surface area (Å²) in [7, 11) is 0. The lowest BCUT2D eigenvalue weighted by Crippen LogP contribution is -2.33. The van der Waals surface area contributed by atoms with Crippen LogP contribution in [0.5, 0.6) is 0 Å². The number of carbonyl (C=O) groups is 1. The van der Waals surface area contributed by atoms with E-state index < -0.39 is 24.0 Å². The molecule has 0 radical (unpaired) electrons. The van der Waals surface area contributed by atoms with E-state index in [9.17, 15) is 18.0 Å². The lowest BCUT2D eigenvalue weighted by molar-refractivity contribution is -0.188. The molecule has 2 rings (SSSR count). The number of rotatable bonds is 3. The van der Waals surface area contributed by atoms with Crippen molar-refractivity contribution in [3.05, 3.63) is 35.9 Å². The standard InChI is InChI=1S/C13H14F3NO2/c14-13(15,16)11-8-17(7-10(11)12(18)19)6-9-4-2-1-3-5-9/h1-5,10-11H,6-8H2,(H,18,19)/t10-,11-/m0/s1. The third-order valence-corrected chi connectivity index (χ3v) is 3.38. The van der Waals surface area contributed by atoms with Crippen molar-refractivity contribution in [2.24, 2.45) is 11.8 Å². The highest BCUT2D eigenvalue weighted by atomic mass is 19.4. The fourth-order valence-electron chi connectivity index (χ4n) is 2.44. The molecule has 1 aromatic carbocycles. The largest absolute Gasteiger partial charge is 0.481 e. The quantitative estimate of drug-likeness (QED) is 0.919. The van der Waals surface area contributed by atoms with Gasteiger partial charge in [-0.2, -0.15) is 13.2 Å². The molecule has 0 aromatic heterocycles. The SMILES string of the molecule is O=C(O)[C@H]1CN(Cc2ccccc2)C[C@@H]1C(F)(F)F. The lowest BCUT2D eigenvalue weighted by atomic mass is 9.96. The summed E-state index contributed by atoms with van der Waals surface area (Å²) in [5, 5.41) is 8.90. The molecule has 3 nitrogen and oxygen atoms in total. The van der Waals surface area contributed by atoms with Gasteiger partial charge in [0.15, 0.2) is 0 Å². The first-order valence-corrected chi connectivity index (χ1v) is 5.93. The van der Waals surface area contributed by atoms with Crippen molar-refractivity contribution < 1.29 is 23.1 Å². The van der Waals surface area contributed by atoms with Gasteiger partial charge in [-0.3, -0.25) is 9.69 Å². The molecule has 1 aliphatic rings. The molecule has 1 N–H and O–H groups in total. The average molecular weight is 273 g/mol. The van der Waals surface area contributed by atoms with Crippen LogP contribution >= 0.6 is 0 Å². The summed E-state index contributed by atoms with van der Waals surface area (Å²) >= 11 is 0. The number of nitrogens with zero attached hydrogens (tertiary/aromatic N) is 1. The van der Waals surface area contributed by atoms with Crippen molar-refractivity contribution in [2.45, 2.75) is 12.7 Å². The van der Waals surface area contributed by atoms with Gasteiger partial charge >= 0.3 is 12.1 Å². The maximum atomic E-state index is 12.8. The summed E-state index contributed by atoms with van der Waals surface area (Å²) in [6.07, 6.45) is -4.46. The van der Waals surface area contributed by atoms with Gasteiger partial charge < -0.3 is 5.11 Å². The van der Waals surface area contributed by atoms with Gasteiger partial charge in [-0.05, 0) is 5.56 Å². The molecule has 0 unspecified atom stereocenters. The monoisotopic (exact) mass is 273 g/mol. The summed E-state index contributed by atoms with van der Waals surface area (Å²) in [6, 6.07) is 9.07. The van der Waals surface area contributed by atoms with E-state index in [0.29, 0.717) is 6.54 Å². The molecule has 19 heavy (non-hydrogen) atoms. The summed E-state index contributed by atoms with van der Waals surface area (Å²) in [6.45, 7) is 0.0287. The number of carboxylic acid groups (broad SMARTS) is 1. The Morgan fingerprint density at radius 2 is 1.89 bits per heavy atom. The van der Waals surface area contributed by atoms with Crippen LogP contribution in [0.1, 0.15) is 5.56 Å². The predicted molar refractivity (Wildman–Crippen MR) is 62.4 cm³/mol. The Bertz CT molecular complexity index is 447. The van der Waals surface area contributed by atoms with Crippen LogP contribution in [0.3, 0.4) is 0 Å². The molecule has 1 heterocycles. The molecule has 6 heteroatoms. The fourth-order valence-corrected chi connectivity index (χ4v) is 2.44. The van der Waals surface area contributed by atoms with Gasteiger partial charge in [0.1, 0.15) is 0 Å². The van der Waals surface area contributed by atoms with Crippen LogP contribution in [0, 0.1) is 11.8 Å². The second-order valence-electron chi connectivity index (χ2n) is 4.77. The fraction of sp³-hybridized carbons (Fsp3) is 0.462. The van der Waals surface area contributed by atoms with Crippen LogP contribution in [0.15, 0.2) is 30.3 Å². The van der Waals surface area contributed by atoms with Gasteiger partial charge in [0.2, 0.25) is 0 Å². The highest BCUT2D eigenvalue weighted by molar-refractivity contribution is 5.71. The maximum absolute atomic E-state index is 12.8. The van der Waals surface area contributed by atoms with E-state index in [2.05, 4.69) is 0 Å². The van der Waals surface area contributed by atoms with Crippen LogP contribution in [0.4, 0.5) is 13.2 Å². The molecule has 1 aliphatic heterocycles. The molecular formula is C13H14F3NO2. The second kappa shape index (κ2) is 5.21. The van der Waals surface area contributed by atoms with E-state index in [0.717, 1.165) is 5.56 Å². The van der Waals surface area contributed by atoms with E-state index in [-0.39, 0.29) is 13.1 Å². The number of carboxylic acids is 1. The van der Waals surface area contributed by atoms with Crippen LogP contribution in [0.2, 0.25) is 0 Å². The molecule has 0 bridgehead atoms. The van der Waals surface area contributed by atoms with Crippen LogP contribution in [0.25, 0.3) is 0 Å². The number of hydrogen-bond acceptors (Lipinski definition) is 2. The zero-order valence-electron chi connectivity index (χ0n) is 10.1. The normalized spacial score (nSPS) is 24.6. The highest BCUT2D eigenvalue weighted by Crippen LogP contribution is 2.38. The Morgan fingerprint density at radius 1 is 1.26 bits per heavy atom. The van der Waals surface area contributed by atoms with E-state index in [1.165, 1.54) is 0 Å². The lowest BCUT2D eigenvalue weighted by Gasteiger charge is -2.18. The second-order valence-corrected chi connectivity index (χ2v) is 4.77. The molecule has 1 aromatic rings.